The van der Waals surface area contributed by atoms with Gasteiger partial charge in [-0.3, -0.25) is 15.0 Å². The summed E-state index contributed by atoms with van der Waals surface area (Å²) in [4.78, 5) is 29.8. The van der Waals surface area contributed by atoms with Crippen LogP contribution in [0.3, 0.4) is 0 Å². The molecular weight excluding hydrogens is 475 g/mol. The number of aryl methyl sites for hydroxylation is 1. The average Bonchev–Trinajstić information content (AvgIpc) is 3.37. The first-order valence-electron chi connectivity index (χ1n) is 10.5. The summed E-state index contributed by atoms with van der Waals surface area (Å²) in [5.74, 6) is -0.870. The number of thiazole rings is 1. The number of carbonyl (C=O) groups excluding carboxylic acids is 1. The van der Waals surface area contributed by atoms with E-state index in [1.54, 1.807) is 26.8 Å². The molecule has 0 unspecified atom stereocenters. The van der Waals surface area contributed by atoms with E-state index >= 15 is 0 Å². The number of alkyl halides is 3. The van der Waals surface area contributed by atoms with E-state index < -0.39 is 28.5 Å². The van der Waals surface area contributed by atoms with Crippen LogP contribution in [0, 0.1) is 12.8 Å². The predicted molar refractivity (Wildman–Crippen MR) is 124 cm³/mol. The van der Waals surface area contributed by atoms with Crippen LogP contribution >= 0.6 is 23.1 Å². The largest absolute Gasteiger partial charge is 0.480 e. The van der Waals surface area contributed by atoms with Crippen LogP contribution in [0.5, 0.6) is 0 Å². The van der Waals surface area contributed by atoms with Crippen molar-refractivity contribution in [1.29, 1.82) is 0 Å². The Balaban J connectivity index is 1.87. The fourth-order valence-electron chi connectivity index (χ4n) is 3.67. The molecule has 0 aliphatic heterocycles. The second kappa shape index (κ2) is 9.92. The molecule has 1 fully saturated rings. The number of benzene rings is 1. The average molecular weight is 502 g/mol. The van der Waals surface area contributed by atoms with Gasteiger partial charge in [-0.05, 0) is 51.7 Å². The van der Waals surface area contributed by atoms with E-state index in [9.17, 15) is 27.9 Å². The highest BCUT2D eigenvalue weighted by Gasteiger charge is 2.37. The summed E-state index contributed by atoms with van der Waals surface area (Å²) in [6.45, 7) is 4.86. The summed E-state index contributed by atoms with van der Waals surface area (Å²) in [5, 5.41) is 12.1. The highest BCUT2D eigenvalue weighted by atomic mass is 32.2. The minimum Gasteiger partial charge on any atom is -0.480 e. The van der Waals surface area contributed by atoms with Crippen molar-refractivity contribution in [2.75, 3.05) is 16.8 Å². The molecule has 6 nitrogen and oxygen atoms in total. The van der Waals surface area contributed by atoms with Crippen molar-refractivity contribution in [3.8, 4) is 0 Å². The lowest BCUT2D eigenvalue weighted by molar-refractivity contribution is -0.139. The lowest BCUT2D eigenvalue weighted by Crippen LogP contribution is -2.39. The Morgan fingerprint density at radius 3 is 2.55 bits per heavy atom. The molecule has 0 spiro atoms. The molecule has 2 N–H and O–H groups in total. The minimum absolute atomic E-state index is 0.122. The van der Waals surface area contributed by atoms with Crippen LogP contribution in [0.25, 0.3) is 0 Å². The highest BCUT2D eigenvalue weighted by molar-refractivity contribution is 8.03. The minimum atomic E-state index is -4.61. The fraction of sp³-hybridized carbons (Fsp3) is 0.500. The molecule has 0 saturated heterocycles. The van der Waals surface area contributed by atoms with Crippen LogP contribution in [0.4, 0.5) is 28.8 Å². The van der Waals surface area contributed by atoms with Gasteiger partial charge in [-0.1, -0.05) is 47.6 Å². The molecule has 33 heavy (non-hydrogen) atoms. The van der Waals surface area contributed by atoms with Gasteiger partial charge in [-0.25, -0.2) is 9.78 Å². The summed E-state index contributed by atoms with van der Waals surface area (Å²) in [7, 11) is 0. The van der Waals surface area contributed by atoms with Crippen molar-refractivity contribution >= 4 is 45.9 Å². The number of aromatic nitrogens is 1. The number of halogens is 3. The Morgan fingerprint density at radius 2 is 1.94 bits per heavy atom. The summed E-state index contributed by atoms with van der Waals surface area (Å²) >= 11 is 2.16. The molecule has 2 amide bonds. The van der Waals surface area contributed by atoms with E-state index in [1.165, 1.54) is 12.3 Å². The third-order valence-electron chi connectivity index (χ3n) is 5.48. The van der Waals surface area contributed by atoms with E-state index in [2.05, 4.69) is 10.3 Å². The van der Waals surface area contributed by atoms with Crippen molar-refractivity contribution in [3.05, 3.63) is 35.5 Å². The number of aliphatic carboxylic acids is 1. The molecule has 0 bridgehead atoms. The number of hydrogen-bond acceptors (Lipinski definition) is 5. The third kappa shape index (κ3) is 6.41. The smallest absolute Gasteiger partial charge is 0.418 e. The van der Waals surface area contributed by atoms with Gasteiger partial charge in [-0.15, -0.1) is 0 Å². The SMILES string of the molecule is Cc1ccc(N(CC2CCCC2)C(=O)Nc2ncc(SC(C)(C)C(=O)O)s2)c(C(F)(F)F)c1. The van der Waals surface area contributed by atoms with Crippen molar-refractivity contribution in [1.82, 2.24) is 4.98 Å². The number of urea groups is 1. The highest BCUT2D eigenvalue weighted by Crippen LogP contribution is 2.40. The van der Waals surface area contributed by atoms with E-state index in [-0.39, 0.29) is 23.3 Å². The molecule has 1 heterocycles. The third-order valence-corrected chi connectivity index (χ3v) is 7.68. The van der Waals surface area contributed by atoms with Gasteiger partial charge in [0.1, 0.15) is 4.75 Å². The topological polar surface area (TPSA) is 82.5 Å². The first-order valence-corrected chi connectivity index (χ1v) is 12.1. The van der Waals surface area contributed by atoms with Crippen LogP contribution in [-0.2, 0) is 11.0 Å². The zero-order valence-corrected chi connectivity index (χ0v) is 20.2. The van der Waals surface area contributed by atoms with Gasteiger partial charge < -0.3 is 5.11 Å². The molecule has 0 radical (unpaired) electrons. The lowest BCUT2D eigenvalue weighted by Gasteiger charge is -2.28. The van der Waals surface area contributed by atoms with E-state index in [1.807, 2.05) is 0 Å². The molecule has 1 aromatic carbocycles. The summed E-state index contributed by atoms with van der Waals surface area (Å²) in [6.07, 6.45) is 0.546. The quantitative estimate of drug-likeness (QED) is 0.415. The first kappa shape index (κ1) is 25.4. The van der Waals surface area contributed by atoms with Crippen molar-refractivity contribution in [2.24, 2.45) is 5.92 Å². The van der Waals surface area contributed by atoms with E-state index in [4.69, 9.17) is 0 Å². The van der Waals surface area contributed by atoms with Crippen molar-refractivity contribution < 1.29 is 27.9 Å². The van der Waals surface area contributed by atoms with E-state index in [0.29, 0.717) is 9.77 Å². The molecule has 1 saturated carbocycles. The van der Waals surface area contributed by atoms with E-state index in [0.717, 1.165) is 59.7 Å². The number of anilines is 2. The van der Waals surface area contributed by atoms with Gasteiger partial charge in [0.05, 0.1) is 21.7 Å². The molecule has 3 rings (SSSR count). The molecule has 11 heteroatoms. The Kier molecular flexibility index (Phi) is 7.62. The van der Waals surface area contributed by atoms with Crippen LogP contribution in [0.15, 0.2) is 28.6 Å². The number of rotatable bonds is 7. The van der Waals surface area contributed by atoms with Crippen molar-refractivity contribution in [2.45, 2.75) is 61.6 Å². The van der Waals surface area contributed by atoms with Gasteiger partial charge in [0.25, 0.3) is 0 Å². The summed E-state index contributed by atoms with van der Waals surface area (Å²) in [5.41, 5.74) is -0.583. The summed E-state index contributed by atoms with van der Waals surface area (Å²) in [6, 6.07) is 3.26. The Labute approximate surface area is 198 Å². The second-order valence-corrected chi connectivity index (χ2v) is 11.6. The van der Waals surface area contributed by atoms with Crippen molar-refractivity contribution in [3.63, 3.8) is 0 Å². The maximum atomic E-state index is 13.8. The first-order chi connectivity index (χ1) is 15.4. The Morgan fingerprint density at radius 1 is 1.27 bits per heavy atom. The fourth-order valence-corrected chi connectivity index (χ4v) is 5.94. The van der Waals surface area contributed by atoms with Crippen LogP contribution < -0.4 is 10.2 Å². The number of carboxylic acid groups (broad SMARTS) is 1. The maximum Gasteiger partial charge on any atom is 0.418 e. The van der Waals surface area contributed by atoms with Crippen LogP contribution in [0.2, 0.25) is 0 Å². The van der Waals surface area contributed by atoms with Crippen LogP contribution in [-0.4, -0.2) is 33.4 Å². The number of amides is 2. The van der Waals surface area contributed by atoms with Crippen LogP contribution in [0.1, 0.15) is 50.7 Å². The number of carbonyl (C=O) groups is 2. The Bertz CT molecular complexity index is 1020. The molecular formula is C22H26F3N3O3S2. The molecule has 1 aliphatic carbocycles. The predicted octanol–water partition coefficient (Wildman–Crippen LogP) is 6.65. The zero-order chi connectivity index (χ0) is 24.4. The Hall–Kier alpha value is -2.27. The summed E-state index contributed by atoms with van der Waals surface area (Å²) < 4.78 is 40.9. The molecule has 1 aliphatic rings. The monoisotopic (exact) mass is 501 g/mol. The van der Waals surface area contributed by atoms with Gasteiger partial charge in [0.2, 0.25) is 0 Å². The van der Waals surface area contributed by atoms with Gasteiger partial charge >= 0.3 is 18.2 Å². The number of nitrogens with zero attached hydrogens (tertiary/aromatic N) is 2. The second-order valence-electron chi connectivity index (χ2n) is 8.61. The van der Waals surface area contributed by atoms with Gasteiger partial charge in [0, 0.05) is 6.54 Å². The number of nitrogens with one attached hydrogen (secondary N) is 1. The standard InChI is InChI=1S/C22H26F3N3O3S2/c1-13-8-9-16(15(10-13)22(23,24)25)28(12-14-6-4-5-7-14)20(31)27-19-26-11-17(32-19)33-21(2,3)18(29)30/h8-11,14H,4-7,12H2,1-3H3,(H,29,30)(H,26,27,31). The lowest BCUT2D eigenvalue weighted by atomic mass is 10.0. The normalized spacial score (nSPS) is 15.0. The molecule has 2 aromatic rings. The number of thioether (sulfide) groups is 1. The molecule has 180 valence electrons. The number of carboxylic acids is 1. The zero-order valence-electron chi connectivity index (χ0n) is 18.5. The van der Waals surface area contributed by atoms with Gasteiger partial charge in [-0.2, -0.15) is 13.2 Å². The maximum absolute atomic E-state index is 13.8. The number of hydrogen-bond donors (Lipinski definition) is 2. The molecule has 0 atom stereocenters. The van der Waals surface area contributed by atoms with Gasteiger partial charge in [0.15, 0.2) is 5.13 Å². The molecule has 1 aromatic heterocycles.